The normalized spacial score (nSPS) is 11.6. The molecule has 19 heavy (non-hydrogen) atoms. The lowest BCUT2D eigenvalue weighted by atomic mass is 10.1. The second-order valence-electron chi connectivity index (χ2n) is 4.27. The smallest absolute Gasteiger partial charge is 0.173 e. The van der Waals surface area contributed by atoms with Crippen molar-refractivity contribution >= 4 is 23.3 Å². The Hall–Kier alpha value is -1.36. The van der Waals surface area contributed by atoms with Crippen LogP contribution in [0.15, 0.2) is 28.3 Å². The Bertz CT molecular complexity index is 435. The molecule has 0 unspecified atom stereocenters. The highest BCUT2D eigenvalue weighted by atomic mass is 32.2. The highest BCUT2D eigenvalue weighted by Crippen LogP contribution is 2.29. The van der Waals surface area contributed by atoms with Crippen molar-refractivity contribution in [1.29, 1.82) is 0 Å². The van der Waals surface area contributed by atoms with Crippen LogP contribution in [-0.4, -0.2) is 30.4 Å². The Kier molecular flexibility index (Phi) is 6.56. The van der Waals surface area contributed by atoms with Crippen LogP contribution in [-0.2, 0) is 0 Å². The zero-order chi connectivity index (χ0) is 14.3. The summed E-state index contributed by atoms with van der Waals surface area (Å²) >= 11 is 1.61. The Morgan fingerprint density at radius 1 is 1.42 bits per heavy atom. The molecule has 4 nitrogen and oxygen atoms in total. The molecule has 106 valence electrons. The number of nitrogens with two attached hydrogens (primary N) is 1. The van der Waals surface area contributed by atoms with Crippen molar-refractivity contribution < 1.29 is 5.21 Å². The predicted octanol–water partition coefficient (Wildman–Crippen LogP) is 3.13. The van der Waals surface area contributed by atoms with Crippen LogP contribution in [0.3, 0.4) is 0 Å². The average Bonchev–Trinajstić information content (AvgIpc) is 2.46. The van der Waals surface area contributed by atoms with Crippen LogP contribution < -0.4 is 10.6 Å². The second kappa shape index (κ2) is 7.94. The van der Waals surface area contributed by atoms with Gasteiger partial charge in [-0.1, -0.05) is 24.6 Å². The van der Waals surface area contributed by atoms with Gasteiger partial charge in [0, 0.05) is 23.7 Å². The fraction of sp³-hybridized carbons (Fsp3) is 0.500. The molecule has 0 radical (unpaired) electrons. The van der Waals surface area contributed by atoms with E-state index in [9.17, 15) is 0 Å². The number of benzene rings is 1. The molecule has 5 heteroatoms. The summed E-state index contributed by atoms with van der Waals surface area (Å²) in [5.74, 6) is 0.176. The Morgan fingerprint density at radius 2 is 2.16 bits per heavy atom. The standard InChI is InChI=1S/C14H23N3OS/c1-4-6-10-17(5-2)11-8-7-9-12(19-3)13(11)14(15)16-18/h7-9,18H,4-6,10H2,1-3H3,(H2,15,16). The van der Waals surface area contributed by atoms with Crippen LogP contribution in [0.4, 0.5) is 5.69 Å². The van der Waals surface area contributed by atoms with E-state index in [0.717, 1.165) is 42.1 Å². The molecule has 0 aliphatic heterocycles. The SMILES string of the molecule is CCCCN(CC)c1cccc(SC)c1/C(N)=N/O. The fourth-order valence-electron chi connectivity index (χ4n) is 2.06. The lowest BCUT2D eigenvalue weighted by Gasteiger charge is -2.26. The maximum absolute atomic E-state index is 9.00. The first-order chi connectivity index (χ1) is 9.19. The molecule has 0 bridgehead atoms. The van der Waals surface area contributed by atoms with E-state index in [0.29, 0.717) is 0 Å². The average molecular weight is 281 g/mol. The summed E-state index contributed by atoms with van der Waals surface area (Å²) < 4.78 is 0. The lowest BCUT2D eigenvalue weighted by molar-refractivity contribution is 0.318. The van der Waals surface area contributed by atoms with E-state index in [-0.39, 0.29) is 5.84 Å². The molecule has 0 aliphatic rings. The number of rotatable bonds is 7. The Labute approximate surface area is 119 Å². The quantitative estimate of drug-likeness (QED) is 0.265. The Morgan fingerprint density at radius 3 is 2.68 bits per heavy atom. The number of anilines is 1. The highest BCUT2D eigenvalue weighted by molar-refractivity contribution is 7.98. The number of amidine groups is 1. The number of hydrogen-bond donors (Lipinski definition) is 2. The third-order valence-electron chi connectivity index (χ3n) is 3.09. The van der Waals surface area contributed by atoms with Crippen molar-refractivity contribution in [2.24, 2.45) is 10.9 Å². The topological polar surface area (TPSA) is 61.8 Å². The first-order valence-electron chi connectivity index (χ1n) is 6.59. The zero-order valence-corrected chi connectivity index (χ0v) is 12.7. The largest absolute Gasteiger partial charge is 0.409 e. The van der Waals surface area contributed by atoms with Crippen LogP contribution >= 0.6 is 11.8 Å². The van der Waals surface area contributed by atoms with Crippen molar-refractivity contribution in [2.45, 2.75) is 31.6 Å². The van der Waals surface area contributed by atoms with Gasteiger partial charge >= 0.3 is 0 Å². The monoisotopic (exact) mass is 281 g/mol. The molecule has 3 N–H and O–H groups in total. The summed E-state index contributed by atoms with van der Waals surface area (Å²) in [7, 11) is 0. The van der Waals surface area contributed by atoms with Crippen molar-refractivity contribution in [2.75, 3.05) is 24.2 Å². The molecule has 1 rings (SSSR count). The van der Waals surface area contributed by atoms with Gasteiger partial charge in [0.15, 0.2) is 5.84 Å². The van der Waals surface area contributed by atoms with Crippen LogP contribution in [0.5, 0.6) is 0 Å². The molecule has 0 atom stereocenters. The van der Waals surface area contributed by atoms with Gasteiger partial charge in [0.1, 0.15) is 0 Å². The molecular formula is C14H23N3OS. The molecule has 0 saturated carbocycles. The van der Waals surface area contributed by atoms with Gasteiger partial charge in [-0.25, -0.2) is 0 Å². The van der Waals surface area contributed by atoms with Crippen molar-refractivity contribution in [3.63, 3.8) is 0 Å². The van der Waals surface area contributed by atoms with E-state index in [1.165, 1.54) is 0 Å². The highest BCUT2D eigenvalue weighted by Gasteiger charge is 2.16. The van der Waals surface area contributed by atoms with Gasteiger partial charge in [-0.2, -0.15) is 0 Å². The zero-order valence-electron chi connectivity index (χ0n) is 11.9. The Balaban J connectivity index is 3.24. The third-order valence-corrected chi connectivity index (χ3v) is 3.87. The summed E-state index contributed by atoms with van der Waals surface area (Å²) in [6.07, 6.45) is 4.28. The second-order valence-corrected chi connectivity index (χ2v) is 5.12. The molecule has 0 aromatic heterocycles. The number of oxime groups is 1. The fourth-order valence-corrected chi connectivity index (χ4v) is 2.69. The summed E-state index contributed by atoms with van der Waals surface area (Å²) in [4.78, 5) is 3.30. The van der Waals surface area contributed by atoms with Crippen molar-refractivity contribution in [3.05, 3.63) is 23.8 Å². The molecule has 0 amide bonds. The predicted molar refractivity (Wildman–Crippen MR) is 83.5 cm³/mol. The molecular weight excluding hydrogens is 258 g/mol. The minimum atomic E-state index is 0.176. The first-order valence-corrected chi connectivity index (χ1v) is 7.81. The summed E-state index contributed by atoms with van der Waals surface area (Å²) in [5.41, 5.74) is 7.72. The van der Waals surface area contributed by atoms with Crippen molar-refractivity contribution in [3.8, 4) is 0 Å². The number of nitrogens with zero attached hydrogens (tertiary/aromatic N) is 2. The van der Waals surface area contributed by atoms with Crippen LogP contribution in [0.1, 0.15) is 32.3 Å². The van der Waals surface area contributed by atoms with Gasteiger partial charge in [-0.3, -0.25) is 0 Å². The maximum Gasteiger partial charge on any atom is 0.173 e. The molecule has 0 heterocycles. The first kappa shape index (κ1) is 15.7. The molecule has 0 saturated heterocycles. The van der Waals surface area contributed by atoms with Crippen molar-refractivity contribution in [1.82, 2.24) is 0 Å². The van der Waals surface area contributed by atoms with Gasteiger partial charge in [0.05, 0.1) is 5.56 Å². The summed E-state index contributed by atoms with van der Waals surface area (Å²) in [5, 5.41) is 12.2. The molecule has 0 aliphatic carbocycles. The van der Waals surface area contributed by atoms with Gasteiger partial charge in [0.25, 0.3) is 0 Å². The van der Waals surface area contributed by atoms with E-state index in [1.807, 2.05) is 24.5 Å². The van der Waals surface area contributed by atoms with Gasteiger partial charge in [0.2, 0.25) is 0 Å². The van der Waals surface area contributed by atoms with Crippen LogP contribution in [0, 0.1) is 0 Å². The van der Waals surface area contributed by atoms with Gasteiger partial charge < -0.3 is 15.8 Å². The lowest BCUT2D eigenvalue weighted by Crippen LogP contribution is -2.28. The van der Waals surface area contributed by atoms with E-state index in [2.05, 4.69) is 23.9 Å². The summed E-state index contributed by atoms with van der Waals surface area (Å²) in [6, 6.07) is 6.05. The maximum atomic E-state index is 9.00. The molecule has 1 aromatic carbocycles. The van der Waals surface area contributed by atoms with Crippen LogP contribution in [0.2, 0.25) is 0 Å². The molecule has 1 aromatic rings. The number of thioether (sulfide) groups is 1. The van der Waals surface area contributed by atoms with E-state index >= 15 is 0 Å². The van der Waals surface area contributed by atoms with Gasteiger partial charge in [-0.15, -0.1) is 11.8 Å². The summed E-state index contributed by atoms with van der Waals surface area (Å²) in [6.45, 7) is 6.19. The molecule has 0 fully saturated rings. The van der Waals surface area contributed by atoms with E-state index < -0.39 is 0 Å². The third kappa shape index (κ3) is 3.80. The molecule has 0 spiro atoms. The minimum absolute atomic E-state index is 0.176. The number of hydrogen-bond acceptors (Lipinski definition) is 4. The van der Waals surface area contributed by atoms with Crippen LogP contribution in [0.25, 0.3) is 0 Å². The number of unbranched alkanes of at least 4 members (excludes halogenated alkanes) is 1. The van der Waals surface area contributed by atoms with E-state index in [1.54, 1.807) is 11.8 Å². The minimum Gasteiger partial charge on any atom is -0.409 e. The van der Waals surface area contributed by atoms with E-state index in [4.69, 9.17) is 10.9 Å². The van der Waals surface area contributed by atoms with Gasteiger partial charge in [-0.05, 0) is 31.7 Å².